The Morgan fingerprint density at radius 3 is 2.39 bits per heavy atom. The Bertz CT molecular complexity index is 1100. The summed E-state index contributed by atoms with van der Waals surface area (Å²) in [6, 6.07) is 28.9. The zero-order valence-electron chi connectivity index (χ0n) is 15.8. The molecular formula is C24H22N2OS. The van der Waals surface area contributed by atoms with Crippen LogP contribution in [0.3, 0.4) is 0 Å². The van der Waals surface area contributed by atoms with Crippen molar-refractivity contribution in [3.63, 3.8) is 0 Å². The van der Waals surface area contributed by atoms with E-state index in [1.165, 1.54) is 5.56 Å². The molecule has 0 unspecified atom stereocenters. The summed E-state index contributed by atoms with van der Waals surface area (Å²) in [5.74, 6) is 0.861. The minimum atomic E-state index is 0.861. The van der Waals surface area contributed by atoms with Gasteiger partial charge in [-0.2, -0.15) is 0 Å². The van der Waals surface area contributed by atoms with E-state index in [1.54, 1.807) is 18.4 Å². The lowest BCUT2D eigenvalue weighted by Gasteiger charge is -2.10. The molecule has 0 amide bonds. The van der Waals surface area contributed by atoms with Crippen molar-refractivity contribution >= 4 is 17.0 Å². The lowest BCUT2D eigenvalue weighted by atomic mass is 10.1. The molecule has 0 spiro atoms. The van der Waals surface area contributed by atoms with Crippen molar-refractivity contribution in [3.05, 3.63) is 101 Å². The number of aromatic nitrogens is 1. The molecule has 4 heteroatoms. The van der Waals surface area contributed by atoms with Gasteiger partial charge in [0.15, 0.2) is 4.80 Å². The number of ether oxygens (including phenoxy) is 1. The van der Waals surface area contributed by atoms with Gasteiger partial charge >= 0.3 is 0 Å². The minimum absolute atomic E-state index is 0.861. The first-order valence-corrected chi connectivity index (χ1v) is 10.2. The van der Waals surface area contributed by atoms with Crippen molar-refractivity contribution in [2.75, 3.05) is 7.11 Å². The molecule has 0 atom stereocenters. The van der Waals surface area contributed by atoms with Gasteiger partial charge in [0.2, 0.25) is 0 Å². The maximum Gasteiger partial charge on any atom is 0.190 e. The highest BCUT2D eigenvalue weighted by molar-refractivity contribution is 7.07. The average molecular weight is 387 g/mol. The summed E-state index contributed by atoms with van der Waals surface area (Å²) in [6.45, 7) is 0.867. The molecule has 0 radical (unpaired) electrons. The fraction of sp³-hybridized carbons (Fsp3) is 0.125. The van der Waals surface area contributed by atoms with Crippen LogP contribution in [-0.4, -0.2) is 11.7 Å². The van der Waals surface area contributed by atoms with Crippen LogP contribution in [0.2, 0.25) is 0 Å². The molecule has 0 bridgehead atoms. The molecular weight excluding hydrogens is 364 g/mol. The number of para-hydroxylation sites is 1. The minimum Gasteiger partial charge on any atom is -0.497 e. The van der Waals surface area contributed by atoms with Crippen LogP contribution in [0.15, 0.2) is 95.3 Å². The Balaban J connectivity index is 1.76. The zero-order chi connectivity index (χ0) is 19.2. The Kier molecular flexibility index (Phi) is 5.69. The summed E-state index contributed by atoms with van der Waals surface area (Å²) in [5.41, 5.74) is 4.59. The molecule has 3 aromatic carbocycles. The maximum absolute atomic E-state index is 5.42. The number of thiazole rings is 1. The molecule has 4 rings (SSSR count). The van der Waals surface area contributed by atoms with E-state index in [-0.39, 0.29) is 0 Å². The summed E-state index contributed by atoms with van der Waals surface area (Å²) < 4.78 is 7.72. The van der Waals surface area contributed by atoms with E-state index < -0.39 is 0 Å². The molecule has 3 nitrogen and oxygen atoms in total. The molecule has 28 heavy (non-hydrogen) atoms. The topological polar surface area (TPSA) is 26.5 Å². The standard InChI is InChI=1S/C24H22N2OS/c1-27-22-14-8-11-20(17-22)23-18-28-24(25-21-12-6-3-7-13-21)26(23)16-15-19-9-4-2-5-10-19/h2-14,17-18H,15-16H2,1H3. The number of hydrogen-bond acceptors (Lipinski definition) is 3. The monoisotopic (exact) mass is 386 g/mol. The van der Waals surface area contributed by atoms with E-state index in [9.17, 15) is 0 Å². The predicted molar refractivity (Wildman–Crippen MR) is 116 cm³/mol. The second-order valence-electron chi connectivity index (χ2n) is 6.47. The van der Waals surface area contributed by atoms with Gasteiger partial charge in [-0.1, -0.05) is 60.7 Å². The Hall–Kier alpha value is -3.11. The maximum atomic E-state index is 5.42. The third-order valence-corrected chi connectivity index (χ3v) is 5.47. The van der Waals surface area contributed by atoms with Crippen LogP contribution in [0.1, 0.15) is 5.56 Å². The summed E-state index contributed by atoms with van der Waals surface area (Å²) >= 11 is 1.67. The summed E-state index contributed by atoms with van der Waals surface area (Å²) in [4.78, 5) is 5.89. The SMILES string of the molecule is COc1cccc(-c2csc(=Nc3ccccc3)n2CCc2ccccc2)c1. The number of rotatable bonds is 6. The van der Waals surface area contributed by atoms with Gasteiger partial charge in [-0.05, 0) is 36.2 Å². The first-order chi connectivity index (χ1) is 13.8. The Morgan fingerprint density at radius 1 is 0.893 bits per heavy atom. The van der Waals surface area contributed by atoms with Crippen LogP contribution in [0.5, 0.6) is 5.75 Å². The van der Waals surface area contributed by atoms with Crippen LogP contribution in [0.25, 0.3) is 11.3 Å². The van der Waals surface area contributed by atoms with Gasteiger partial charge in [0.1, 0.15) is 5.75 Å². The fourth-order valence-electron chi connectivity index (χ4n) is 3.15. The molecule has 0 aliphatic carbocycles. The lowest BCUT2D eigenvalue weighted by molar-refractivity contribution is 0.415. The van der Waals surface area contributed by atoms with E-state index in [1.807, 2.05) is 42.5 Å². The van der Waals surface area contributed by atoms with Gasteiger partial charge in [-0.25, -0.2) is 4.99 Å². The van der Waals surface area contributed by atoms with Gasteiger partial charge in [-0.15, -0.1) is 11.3 Å². The fourth-order valence-corrected chi connectivity index (χ4v) is 4.10. The lowest BCUT2D eigenvalue weighted by Crippen LogP contribution is -2.17. The number of hydrogen-bond donors (Lipinski definition) is 0. The summed E-state index contributed by atoms with van der Waals surface area (Å²) in [6.07, 6.45) is 0.955. The smallest absolute Gasteiger partial charge is 0.190 e. The van der Waals surface area contributed by atoms with Gasteiger partial charge in [0.05, 0.1) is 18.5 Å². The normalized spacial score (nSPS) is 11.5. The van der Waals surface area contributed by atoms with Gasteiger partial charge < -0.3 is 9.30 Å². The highest BCUT2D eigenvalue weighted by Crippen LogP contribution is 2.25. The second-order valence-corrected chi connectivity index (χ2v) is 7.31. The van der Waals surface area contributed by atoms with Crippen LogP contribution < -0.4 is 9.54 Å². The predicted octanol–water partition coefficient (Wildman–Crippen LogP) is 5.70. The summed E-state index contributed by atoms with van der Waals surface area (Å²) in [5, 5.41) is 2.18. The van der Waals surface area contributed by atoms with E-state index in [4.69, 9.17) is 9.73 Å². The van der Waals surface area contributed by atoms with E-state index in [0.717, 1.165) is 40.5 Å². The van der Waals surface area contributed by atoms with Gasteiger partial charge in [0.25, 0.3) is 0 Å². The van der Waals surface area contributed by atoms with Crippen molar-refractivity contribution in [2.24, 2.45) is 4.99 Å². The van der Waals surface area contributed by atoms with Gasteiger partial charge in [-0.3, -0.25) is 0 Å². The van der Waals surface area contributed by atoms with Crippen molar-refractivity contribution in [3.8, 4) is 17.0 Å². The molecule has 4 aromatic rings. The molecule has 0 N–H and O–H groups in total. The zero-order valence-corrected chi connectivity index (χ0v) is 16.6. The van der Waals surface area contributed by atoms with E-state index >= 15 is 0 Å². The second kappa shape index (κ2) is 8.72. The molecule has 0 saturated heterocycles. The highest BCUT2D eigenvalue weighted by Gasteiger charge is 2.09. The molecule has 0 aliphatic heterocycles. The quantitative estimate of drug-likeness (QED) is 0.417. The number of benzene rings is 3. The van der Waals surface area contributed by atoms with Crippen LogP contribution in [0.4, 0.5) is 5.69 Å². The molecule has 1 heterocycles. The van der Waals surface area contributed by atoms with Crippen LogP contribution >= 0.6 is 11.3 Å². The summed E-state index contributed by atoms with van der Waals surface area (Å²) in [7, 11) is 1.70. The van der Waals surface area contributed by atoms with Crippen molar-refractivity contribution in [2.45, 2.75) is 13.0 Å². The molecule has 140 valence electrons. The number of methoxy groups -OCH3 is 1. The largest absolute Gasteiger partial charge is 0.497 e. The van der Waals surface area contributed by atoms with Crippen molar-refractivity contribution in [1.29, 1.82) is 0 Å². The van der Waals surface area contributed by atoms with Crippen molar-refractivity contribution < 1.29 is 4.74 Å². The Labute approximate surface area is 169 Å². The third-order valence-electron chi connectivity index (χ3n) is 4.61. The van der Waals surface area contributed by atoms with E-state index in [0.29, 0.717) is 0 Å². The first-order valence-electron chi connectivity index (χ1n) is 9.30. The third kappa shape index (κ3) is 4.24. The molecule has 0 fully saturated rings. The molecule has 0 saturated carbocycles. The highest BCUT2D eigenvalue weighted by atomic mass is 32.1. The number of nitrogens with zero attached hydrogens (tertiary/aromatic N) is 2. The first kappa shape index (κ1) is 18.3. The Morgan fingerprint density at radius 2 is 1.64 bits per heavy atom. The average Bonchev–Trinajstić information content (AvgIpc) is 3.16. The van der Waals surface area contributed by atoms with E-state index in [2.05, 4.69) is 52.4 Å². The molecule has 0 aliphatic rings. The molecule has 1 aromatic heterocycles. The van der Waals surface area contributed by atoms with Crippen LogP contribution in [0, 0.1) is 0 Å². The van der Waals surface area contributed by atoms with Crippen molar-refractivity contribution in [1.82, 2.24) is 4.57 Å². The van der Waals surface area contributed by atoms with Gasteiger partial charge in [0, 0.05) is 17.5 Å². The number of aryl methyl sites for hydroxylation is 1. The van der Waals surface area contributed by atoms with Crippen LogP contribution in [-0.2, 0) is 13.0 Å².